The van der Waals surface area contributed by atoms with Crippen molar-refractivity contribution >= 4 is 22.4 Å². The van der Waals surface area contributed by atoms with Crippen LogP contribution in [-0.4, -0.2) is 20.7 Å². The molecular formula is C16H24N4OS. The van der Waals surface area contributed by atoms with Gasteiger partial charge in [-0.1, -0.05) is 13.8 Å². The van der Waals surface area contributed by atoms with Crippen molar-refractivity contribution in [2.24, 2.45) is 5.92 Å². The van der Waals surface area contributed by atoms with Crippen LogP contribution in [0.4, 0.5) is 5.13 Å². The summed E-state index contributed by atoms with van der Waals surface area (Å²) in [5.41, 5.74) is 3.38. The standard InChI is InChI=1S/C16H24N4OS/c1-10(2)9-20-13(5)14(12(4)19-20)6-7-15(21)18-16-17-8-11(3)22-16/h8,10H,6-7,9H2,1-5H3,(H,17,18,21). The van der Waals surface area contributed by atoms with Gasteiger partial charge in [0.05, 0.1) is 5.69 Å². The summed E-state index contributed by atoms with van der Waals surface area (Å²) < 4.78 is 2.05. The first-order valence-corrected chi connectivity index (χ1v) is 8.43. The van der Waals surface area contributed by atoms with E-state index in [1.54, 1.807) is 6.20 Å². The molecule has 0 fully saturated rings. The van der Waals surface area contributed by atoms with Gasteiger partial charge in [0.25, 0.3) is 0 Å². The molecule has 1 N–H and O–H groups in total. The van der Waals surface area contributed by atoms with Crippen molar-refractivity contribution in [2.75, 3.05) is 5.32 Å². The predicted octanol–water partition coefficient (Wildman–Crippen LogP) is 3.49. The quantitative estimate of drug-likeness (QED) is 0.886. The molecular weight excluding hydrogens is 296 g/mol. The lowest BCUT2D eigenvalue weighted by atomic mass is 10.1. The first kappa shape index (κ1) is 16.7. The van der Waals surface area contributed by atoms with Crippen LogP contribution in [0, 0.1) is 26.7 Å². The average molecular weight is 320 g/mol. The third kappa shape index (κ3) is 4.16. The zero-order valence-corrected chi connectivity index (χ0v) is 14.8. The van der Waals surface area contributed by atoms with E-state index in [1.807, 2.05) is 13.8 Å². The topological polar surface area (TPSA) is 59.8 Å². The molecule has 2 heterocycles. The van der Waals surface area contributed by atoms with Crippen LogP contribution in [0.2, 0.25) is 0 Å². The Morgan fingerprint density at radius 3 is 2.68 bits per heavy atom. The molecule has 0 aromatic carbocycles. The van der Waals surface area contributed by atoms with E-state index >= 15 is 0 Å². The van der Waals surface area contributed by atoms with Gasteiger partial charge in [-0.2, -0.15) is 5.10 Å². The van der Waals surface area contributed by atoms with Gasteiger partial charge in [-0.25, -0.2) is 4.98 Å². The third-order valence-electron chi connectivity index (χ3n) is 3.54. The molecule has 2 rings (SSSR count). The minimum absolute atomic E-state index is 0.00441. The summed E-state index contributed by atoms with van der Waals surface area (Å²) in [5, 5.41) is 8.12. The van der Waals surface area contributed by atoms with Gasteiger partial charge in [0.2, 0.25) is 5.91 Å². The van der Waals surface area contributed by atoms with Gasteiger partial charge in [0.15, 0.2) is 5.13 Å². The van der Waals surface area contributed by atoms with E-state index < -0.39 is 0 Å². The first-order valence-electron chi connectivity index (χ1n) is 7.62. The second-order valence-corrected chi connectivity index (χ2v) is 7.28. The van der Waals surface area contributed by atoms with Crippen molar-refractivity contribution in [1.29, 1.82) is 0 Å². The van der Waals surface area contributed by atoms with E-state index in [2.05, 4.69) is 40.9 Å². The summed E-state index contributed by atoms with van der Waals surface area (Å²) in [6.45, 7) is 11.3. The maximum Gasteiger partial charge on any atom is 0.226 e. The molecule has 0 saturated carbocycles. The highest BCUT2D eigenvalue weighted by Gasteiger charge is 2.14. The molecule has 0 bridgehead atoms. The molecule has 2 aromatic heterocycles. The van der Waals surface area contributed by atoms with Gasteiger partial charge < -0.3 is 5.32 Å². The molecule has 6 heteroatoms. The Labute approximate surface area is 135 Å². The number of nitrogens with zero attached hydrogens (tertiary/aromatic N) is 3. The number of aromatic nitrogens is 3. The van der Waals surface area contributed by atoms with Crippen LogP contribution in [0.15, 0.2) is 6.20 Å². The first-order chi connectivity index (χ1) is 10.4. The maximum atomic E-state index is 12.0. The number of aryl methyl sites for hydroxylation is 2. The van der Waals surface area contributed by atoms with Gasteiger partial charge in [-0.05, 0) is 38.7 Å². The monoisotopic (exact) mass is 320 g/mol. The number of hydrogen-bond donors (Lipinski definition) is 1. The van der Waals surface area contributed by atoms with Crippen LogP contribution in [0.5, 0.6) is 0 Å². The normalized spacial score (nSPS) is 11.2. The molecule has 5 nitrogen and oxygen atoms in total. The Hall–Kier alpha value is -1.69. The average Bonchev–Trinajstić information content (AvgIpc) is 2.92. The van der Waals surface area contributed by atoms with Crippen LogP contribution < -0.4 is 5.32 Å². The van der Waals surface area contributed by atoms with E-state index in [9.17, 15) is 4.79 Å². The summed E-state index contributed by atoms with van der Waals surface area (Å²) in [6, 6.07) is 0. The van der Waals surface area contributed by atoms with Gasteiger partial charge >= 0.3 is 0 Å². The molecule has 0 unspecified atom stereocenters. The molecule has 0 atom stereocenters. The van der Waals surface area contributed by atoms with E-state index in [-0.39, 0.29) is 5.91 Å². The smallest absolute Gasteiger partial charge is 0.226 e. The predicted molar refractivity (Wildman–Crippen MR) is 90.3 cm³/mol. The molecule has 120 valence electrons. The van der Waals surface area contributed by atoms with Crippen molar-refractivity contribution in [1.82, 2.24) is 14.8 Å². The molecule has 2 aromatic rings. The van der Waals surface area contributed by atoms with Crippen LogP contribution in [0.1, 0.15) is 42.1 Å². The van der Waals surface area contributed by atoms with Crippen molar-refractivity contribution in [2.45, 2.75) is 54.0 Å². The fourth-order valence-corrected chi connectivity index (χ4v) is 3.13. The minimum Gasteiger partial charge on any atom is -0.302 e. The van der Waals surface area contributed by atoms with Gasteiger partial charge in [0.1, 0.15) is 0 Å². The molecule has 1 amide bonds. The summed E-state index contributed by atoms with van der Waals surface area (Å²) in [7, 11) is 0. The lowest BCUT2D eigenvalue weighted by Crippen LogP contribution is -2.12. The molecule has 0 aliphatic carbocycles. The Balaban J connectivity index is 1.96. The molecule has 22 heavy (non-hydrogen) atoms. The Morgan fingerprint density at radius 2 is 2.09 bits per heavy atom. The Bertz CT molecular complexity index is 657. The number of nitrogens with one attached hydrogen (secondary N) is 1. The van der Waals surface area contributed by atoms with Gasteiger partial charge in [-0.15, -0.1) is 11.3 Å². The van der Waals surface area contributed by atoms with Crippen molar-refractivity contribution in [3.63, 3.8) is 0 Å². The number of rotatable bonds is 6. The number of hydrogen-bond acceptors (Lipinski definition) is 4. The van der Waals surface area contributed by atoms with Gasteiger partial charge in [-0.3, -0.25) is 9.48 Å². The summed E-state index contributed by atoms with van der Waals surface area (Å²) >= 11 is 1.50. The van der Waals surface area contributed by atoms with Crippen LogP contribution in [-0.2, 0) is 17.8 Å². The van der Waals surface area contributed by atoms with E-state index in [4.69, 9.17) is 0 Å². The van der Waals surface area contributed by atoms with Gasteiger partial charge in [0, 0.05) is 29.7 Å². The molecule has 0 saturated heterocycles. The highest BCUT2D eigenvalue weighted by atomic mass is 32.1. The number of carbonyl (C=O) groups is 1. The number of amides is 1. The number of carbonyl (C=O) groups excluding carboxylic acids is 1. The van der Waals surface area contributed by atoms with E-state index in [0.29, 0.717) is 23.9 Å². The lowest BCUT2D eigenvalue weighted by Gasteiger charge is -2.08. The Kier molecular flexibility index (Phi) is 5.34. The van der Waals surface area contributed by atoms with Crippen LogP contribution in [0.25, 0.3) is 0 Å². The zero-order chi connectivity index (χ0) is 16.3. The van der Waals surface area contributed by atoms with Crippen molar-refractivity contribution in [3.05, 3.63) is 28.0 Å². The molecule has 0 spiro atoms. The number of anilines is 1. The fraction of sp³-hybridized carbons (Fsp3) is 0.562. The summed E-state index contributed by atoms with van der Waals surface area (Å²) in [6.07, 6.45) is 2.93. The summed E-state index contributed by atoms with van der Waals surface area (Å²) in [5.74, 6) is 0.562. The lowest BCUT2D eigenvalue weighted by molar-refractivity contribution is -0.116. The fourth-order valence-electron chi connectivity index (χ4n) is 2.45. The van der Waals surface area contributed by atoms with Crippen LogP contribution >= 0.6 is 11.3 Å². The van der Waals surface area contributed by atoms with Crippen molar-refractivity contribution < 1.29 is 4.79 Å². The summed E-state index contributed by atoms with van der Waals surface area (Å²) in [4.78, 5) is 17.3. The SMILES string of the molecule is Cc1cnc(NC(=O)CCc2c(C)nn(CC(C)C)c2C)s1. The molecule has 0 aliphatic heterocycles. The Morgan fingerprint density at radius 1 is 1.36 bits per heavy atom. The van der Waals surface area contributed by atoms with Crippen molar-refractivity contribution in [3.8, 4) is 0 Å². The van der Waals surface area contributed by atoms with E-state index in [1.165, 1.54) is 22.6 Å². The highest BCUT2D eigenvalue weighted by Crippen LogP contribution is 2.19. The minimum atomic E-state index is 0.00441. The molecule has 0 aliphatic rings. The second kappa shape index (κ2) is 7.05. The largest absolute Gasteiger partial charge is 0.302 e. The second-order valence-electron chi connectivity index (χ2n) is 6.05. The van der Waals surface area contributed by atoms with Crippen LogP contribution in [0.3, 0.4) is 0 Å². The number of thiazole rings is 1. The molecule has 0 radical (unpaired) electrons. The van der Waals surface area contributed by atoms with E-state index in [0.717, 1.165) is 17.1 Å². The highest BCUT2D eigenvalue weighted by molar-refractivity contribution is 7.15. The maximum absolute atomic E-state index is 12.0. The zero-order valence-electron chi connectivity index (χ0n) is 13.9. The third-order valence-corrected chi connectivity index (χ3v) is 4.37.